The van der Waals surface area contributed by atoms with Crippen LogP contribution in [-0.2, 0) is 10.9 Å². The number of ether oxygens (including phenoxy) is 1. The maximum Gasteiger partial charge on any atom is 0.417 e. The van der Waals surface area contributed by atoms with E-state index in [0.29, 0.717) is 30.9 Å². The molecule has 0 amide bonds. The number of rotatable bonds is 5. The lowest BCUT2D eigenvalue weighted by atomic mass is 9.82. The summed E-state index contributed by atoms with van der Waals surface area (Å²) in [5.74, 6) is 1.34. The van der Waals surface area contributed by atoms with Crippen LogP contribution in [0.15, 0.2) is 30.6 Å². The Morgan fingerprint density at radius 1 is 1.15 bits per heavy atom. The molecule has 1 N–H and O–H groups in total. The first kappa shape index (κ1) is 20.1. The van der Waals surface area contributed by atoms with Crippen LogP contribution in [0.5, 0.6) is 0 Å². The van der Waals surface area contributed by atoms with Crippen molar-refractivity contribution in [1.29, 1.82) is 0 Å². The molecule has 1 aliphatic carbocycles. The first-order chi connectivity index (χ1) is 16.6. The van der Waals surface area contributed by atoms with E-state index >= 15 is 0 Å². The number of anilines is 1. The summed E-state index contributed by atoms with van der Waals surface area (Å²) in [6.07, 6.45) is 1.04. The number of pyridine rings is 1. The lowest BCUT2D eigenvalue weighted by molar-refractivity contribution is -0.137. The van der Waals surface area contributed by atoms with Gasteiger partial charge in [-0.25, -0.2) is 0 Å². The van der Waals surface area contributed by atoms with E-state index in [2.05, 4.69) is 20.5 Å². The molecule has 0 spiro atoms. The summed E-state index contributed by atoms with van der Waals surface area (Å²) in [5, 5.41) is 11.5. The Bertz CT molecular complexity index is 1030. The van der Waals surface area contributed by atoms with Crippen LogP contribution in [0.3, 0.4) is 0 Å². The largest absolute Gasteiger partial charge is 0.417 e. The summed E-state index contributed by atoms with van der Waals surface area (Å²) < 4.78 is 63.2. The average Bonchev–Trinajstić information content (AvgIpc) is 3.39. The molecule has 9 heteroatoms. The Labute approximate surface area is 194 Å². The predicted octanol–water partition coefficient (Wildman–Crippen LogP) is 4.50. The van der Waals surface area contributed by atoms with Gasteiger partial charge in [-0.05, 0) is 61.1 Å². The van der Waals surface area contributed by atoms with Crippen LogP contribution in [0.4, 0.5) is 19.0 Å². The number of nitrogens with zero attached hydrogens (tertiary/aromatic N) is 4. The zero-order valence-corrected chi connectivity index (χ0v) is 18.6. The third-order valence-electron chi connectivity index (χ3n) is 7.19. The molecule has 4 heterocycles. The van der Waals surface area contributed by atoms with Gasteiger partial charge in [0.1, 0.15) is 5.82 Å². The molecule has 5 rings (SSSR count). The van der Waals surface area contributed by atoms with Crippen molar-refractivity contribution in [2.24, 2.45) is 17.3 Å². The highest BCUT2D eigenvalue weighted by Crippen LogP contribution is 2.41. The Hall–Kier alpha value is -2.26. The van der Waals surface area contributed by atoms with Crippen molar-refractivity contribution in [3.8, 4) is 11.3 Å². The van der Waals surface area contributed by atoms with Gasteiger partial charge in [-0.15, -0.1) is 10.2 Å². The second kappa shape index (κ2) is 8.83. The fourth-order valence-corrected chi connectivity index (χ4v) is 5.43. The molecule has 2 atom stereocenters. The zero-order chi connectivity index (χ0) is 24.8. The molecule has 2 aliphatic heterocycles. The van der Waals surface area contributed by atoms with Gasteiger partial charge in [0.25, 0.3) is 0 Å². The minimum atomic E-state index is -4.50. The van der Waals surface area contributed by atoms with Gasteiger partial charge >= 0.3 is 6.18 Å². The molecule has 178 valence electrons. The van der Waals surface area contributed by atoms with E-state index in [1.54, 1.807) is 6.07 Å². The molecule has 0 bridgehead atoms. The van der Waals surface area contributed by atoms with Crippen molar-refractivity contribution in [2.75, 3.05) is 38.1 Å². The second-order valence-electron chi connectivity index (χ2n) is 9.75. The number of aromatic nitrogens is 3. The highest BCUT2D eigenvalue weighted by Gasteiger charge is 2.43. The van der Waals surface area contributed by atoms with E-state index in [9.17, 15) is 13.2 Å². The molecule has 0 aromatic carbocycles. The molecule has 33 heavy (non-hydrogen) atoms. The summed E-state index contributed by atoms with van der Waals surface area (Å²) in [7, 11) is 0. The number of likely N-dealkylation sites (tertiary alicyclic amines) is 1. The van der Waals surface area contributed by atoms with E-state index in [4.69, 9.17) is 7.48 Å². The molecular formula is C24H30F3N5O. The fraction of sp³-hybridized carbons (Fsp3) is 0.625. The second-order valence-corrected chi connectivity index (χ2v) is 9.75. The monoisotopic (exact) mass is 463 g/mol. The summed E-state index contributed by atoms with van der Waals surface area (Å²) >= 11 is 0. The summed E-state index contributed by atoms with van der Waals surface area (Å²) in [5.41, 5.74) is -1.16. The molecule has 0 radical (unpaired) electrons. The maximum atomic E-state index is 13.3. The van der Waals surface area contributed by atoms with Crippen LogP contribution in [-0.4, -0.2) is 58.9 Å². The van der Waals surface area contributed by atoms with Crippen molar-refractivity contribution < 1.29 is 20.6 Å². The van der Waals surface area contributed by atoms with Gasteiger partial charge in [0.05, 0.1) is 11.3 Å². The summed E-state index contributed by atoms with van der Waals surface area (Å²) in [6.45, 7) is 3.37. The lowest BCUT2D eigenvalue weighted by Crippen LogP contribution is -2.39. The quantitative estimate of drug-likeness (QED) is 0.705. The standard InChI is InChI=1S/C24H30F3N5O/c1-23(5-8-33-9-6-23)15-32-13-16-10-18(11-17(16)14-32)29-22-3-2-21(30-31-22)19-12-28-7-4-20(19)24(25,26)27/h2-4,7,12,16-18H,5-6,8-11,13-15H2,1H3,(H,29,31)/i15D2. The molecule has 2 unspecified atom stereocenters. The van der Waals surface area contributed by atoms with Crippen LogP contribution in [0, 0.1) is 17.3 Å². The minimum absolute atomic E-state index is 0.0953. The van der Waals surface area contributed by atoms with E-state index in [-0.39, 0.29) is 17.3 Å². The number of nitrogens with one attached hydrogen (secondary N) is 1. The molecule has 1 saturated carbocycles. The van der Waals surface area contributed by atoms with Crippen molar-refractivity contribution in [1.82, 2.24) is 20.1 Å². The van der Waals surface area contributed by atoms with Crippen molar-refractivity contribution >= 4 is 5.82 Å². The van der Waals surface area contributed by atoms with E-state index in [0.717, 1.165) is 57.2 Å². The van der Waals surface area contributed by atoms with Gasteiger partial charge in [0.15, 0.2) is 0 Å². The van der Waals surface area contributed by atoms with Crippen LogP contribution >= 0.6 is 0 Å². The molecule has 3 fully saturated rings. The smallest absolute Gasteiger partial charge is 0.381 e. The summed E-state index contributed by atoms with van der Waals surface area (Å²) in [4.78, 5) is 5.84. The molecule has 3 aliphatic rings. The van der Waals surface area contributed by atoms with Crippen LogP contribution in [0.25, 0.3) is 11.3 Å². The number of hydrogen-bond donors (Lipinski definition) is 1. The normalized spacial score (nSPS) is 28.8. The molecule has 6 nitrogen and oxygen atoms in total. The number of hydrogen-bond acceptors (Lipinski definition) is 6. The average molecular weight is 464 g/mol. The van der Waals surface area contributed by atoms with E-state index in [1.807, 2.05) is 11.8 Å². The van der Waals surface area contributed by atoms with Crippen molar-refractivity contribution in [2.45, 2.75) is 44.8 Å². The Morgan fingerprint density at radius 3 is 2.52 bits per heavy atom. The van der Waals surface area contributed by atoms with Crippen LogP contribution < -0.4 is 5.32 Å². The lowest BCUT2D eigenvalue weighted by Gasteiger charge is -2.37. The molecular weight excluding hydrogens is 431 g/mol. The van der Waals surface area contributed by atoms with Crippen LogP contribution in [0.1, 0.15) is 40.9 Å². The Morgan fingerprint density at radius 2 is 1.88 bits per heavy atom. The topological polar surface area (TPSA) is 63.2 Å². The molecule has 2 saturated heterocycles. The van der Waals surface area contributed by atoms with Gasteiger partial charge in [-0.2, -0.15) is 13.2 Å². The molecule has 2 aromatic heterocycles. The number of fused-ring (bicyclic) bond motifs is 1. The first-order valence-electron chi connectivity index (χ1n) is 12.5. The number of alkyl halides is 3. The Balaban J connectivity index is 1.20. The third-order valence-corrected chi connectivity index (χ3v) is 7.19. The van der Waals surface area contributed by atoms with Crippen molar-refractivity contribution in [3.05, 3.63) is 36.2 Å². The maximum absolute atomic E-state index is 13.3. The van der Waals surface area contributed by atoms with E-state index in [1.165, 1.54) is 6.07 Å². The summed E-state index contributed by atoms with van der Waals surface area (Å²) in [6, 6.07) is 4.30. The minimum Gasteiger partial charge on any atom is -0.381 e. The Kier molecular flexibility index (Phi) is 5.39. The van der Waals surface area contributed by atoms with Crippen molar-refractivity contribution in [3.63, 3.8) is 0 Å². The molecule has 2 aromatic rings. The highest BCUT2D eigenvalue weighted by molar-refractivity contribution is 5.63. The van der Waals surface area contributed by atoms with Gasteiger partial charge < -0.3 is 15.0 Å². The van der Waals surface area contributed by atoms with E-state index < -0.39 is 23.7 Å². The van der Waals surface area contributed by atoms with Crippen LogP contribution in [0.2, 0.25) is 0 Å². The predicted molar refractivity (Wildman–Crippen MR) is 118 cm³/mol. The number of halogens is 3. The van der Waals surface area contributed by atoms with Gasteiger partial charge in [0.2, 0.25) is 0 Å². The van der Waals surface area contributed by atoms with Gasteiger partial charge in [0, 0.05) is 59.5 Å². The SMILES string of the molecule is [2H]C([2H])(N1CC2CC(Nc3ccc(-c4cnccc4C(F)(F)F)nn3)CC2C1)C1(C)CCOCC1. The third kappa shape index (κ3) is 4.99. The first-order valence-corrected chi connectivity index (χ1v) is 11.5. The fourth-order valence-electron chi connectivity index (χ4n) is 5.43. The van der Waals surface area contributed by atoms with Gasteiger partial charge in [-0.3, -0.25) is 4.98 Å². The van der Waals surface area contributed by atoms with Gasteiger partial charge in [-0.1, -0.05) is 6.92 Å². The highest BCUT2D eigenvalue weighted by atomic mass is 19.4. The zero-order valence-electron chi connectivity index (χ0n) is 20.6.